The second-order valence-corrected chi connectivity index (χ2v) is 7.66. The minimum atomic E-state index is -0.0762. The van der Waals surface area contributed by atoms with E-state index in [4.69, 9.17) is 4.98 Å². The van der Waals surface area contributed by atoms with Gasteiger partial charge in [0.2, 0.25) is 11.8 Å². The van der Waals surface area contributed by atoms with E-state index in [-0.39, 0.29) is 17.7 Å². The van der Waals surface area contributed by atoms with E-state index in [1.165, 1.54) is 5.56 Å². The zero-order valence-corrected chi connectivity index (χ0v) is 17.1. The van der Waals surface area contributed by atoms with Crippen molar-refractivity contribution < 1.29 is 9.59 Å². The van der Waals surface area contributed by atoms with E-state index in [0.29, 0.717) is 37.6 Å². The van der Waals surface area contributed by atoms with Crippen molar-refractivity contribution in [3.8, 4) is 0 Å². The lowest BCUT2D eigenvalue weighted by Gasteiger charge is -2.30. The number of rotatable bonds is 6. The van der Waals surface area contributed by atoms with Crippen molar-refractivity contribution in [1.82, 2.24) is 14.9 Å². The maximum atomic E-state index is 12.6. The van der Waals surface area contributed by atoms with Gasteiger partial charge in [0, 0.05) is 37.2 Å². The molecule has 3 rings (SSSR count). The number of hydrogen-bond acceptors (Lipinski definition) is 4. The summed E-state index contributed by atoms with van der Waals surface area (Å²) in [7, 11) is 1.76. The molecule has 1 aliphatic rings. The predicted octanol–water partition coefficient (Wildman–Crippen LogP) is 2.92. The SMILES string of the molecule is Cc1nc(CN(C)C(=O)C(C)C)nc2c1CCC(=O)N2CCc1ccccc1. The summed E-state index contributed by atoms with van der Waals surface area (Å²) in [6.07, 6.45) is 1.93. The van der Waals surface area contributed by atoms with E-state index >= 15 is 0 Å². The Morgan fingerprint density at radius 3 is 2.57 bits per heavy atom. The molecule has 0 saturated carbocycles. The van der Waals surface area contributed by atoms with Gasteiger partial charge in [-0.3, -0.25) is 14.5 Å². The van der Waals surface area contributed by atoms with E-state index in [9.17, 15) is 9.59 Å². The van der Waals surface area contributed by atoms with E-state index in [2.05, 4.69) is 17.1 Å². The normalized spacial score (nSPS) is 13.6. The van der Waals surface area contributed by atoms with Crippen molar-refractivity contribution >= 4 is 17.6 Å². The summed E-state index contributed by atoms with van der Waals surface area (Å²) in [5.74, 6) is 1.36. The zero-order valence-electron chi connectivity index (χ0n) is 17.1. The van der Waals surface area contributed by atoms with Gasteiger partial charge in [0.25, 0.3) is 0 Å². The molecule has 0 radical (unpaired) electrons. The van der Waals surface area contributed by atoms with Gasteiger partial charge in [0.05, 0.1) is 6.54 Å². The molecule has 0 atom stereocenters. The topological polar surface area (TPSA) is 66.4 Å². The molecule has 2 aromatic rings. The number of hydrogen-bond donors (Lipinski definition) is 0. The Morgan fingerprint density at radius 1 is 1.18 bits per heavy atom. The molecular formula is C22H28N4O2. The first kappa shape index (κ1) is 20.0. The van der Waals surface area contributed by atoms with Crippen LogP contribution in [0.1, 0.15) is 42.9 Å². The highest BCUT2D eigenvalue weighted by molar-refractivity contribution is 5.95. The number of aryl methyl sites for hydroxylation is 1. The number of carbonyl (C=O) groups is 2. The van der Waals surface area contributed by atoms with Gasteiger partial charge >= 0.3 is 0 Å². The summed E-state index contributed by atoms with van der Waals surface area (Å²) < 4.78 is 0. The van der Waals surface area contributed by atoms with Crippen molar-refractivity contribution in [2.75, 3.05) is 18.5 Å². The number of aromatic nitrogens is 2. The molecule has 1 aromatic heterocycles. The van der Waals surface area contributed by atoms with Gasteiger partial charge in [-0.05, 0) is 25.3 Å². The van der Waals surface area contributed by atoms with Crippen molar-refractivity contribution in [3.05, 3.63) is 53.0 Å². The molecule has 0 fully saturated rings. The van der Waals surface area contributed by atoms with Crippen LogP contribution in [0, 0.1) is 12.8 Å². The van der Waals surface area contributed by atoms with E-state index in [1.807, 2.05) is 39.0 Å². The van der Waals surface area contributed by atoms with Gasteiger partial charge in [-0.2, -0.15) is 0 Å². The van der Waals surface area contributed by atoms with E-state index < -0.39 is 0 Å². The number of fused-ring (bicyclic) bond motifs is 1. The molecule has 2 amide bonds. The van der Waals surface area contributed by atoms with Gasteiger partial charge in [-0.25, -0.2) is 9.97 Å². The van der Waals surface area contributed by atoms with Crippen LogP contribution in [0.4, 0.5) is 5.82 Å². The van der Waals surface area contributed by atoms with Crippen LogP contribution >= 0.6 is 0 Å². The third-order valence-corrected chi connectivity index (χ3v) is 5.10. The third-order valence-electron chi connectivity index (χ3n) is 5.10. The first-order valence-corrected chi connectivity index (χ1v) is 9.82. The third kappa shape index (κ3) is 4.38. The molecule has 28 heavy (non-hydrogen) atoms. The number of benzene rings is 1. The molecule has 1 aromatic carbocycles. The second-order valence-electron chi connectivity index (χ2n) is 7.66. The van der Waals surface area contributed by atoms with Crippen LogP contribution in [0.2, 0.25) is 0 Å². The molecule has 148 valence electrons. The average molecular weight is 380 g/mol. The van der Waals surface area contributed by atoms with Crippen LogP contribution < -0.4 is 4.90 Å². The molecule has 0 N–H and O–H groups in total. The highest BCUT2D eigenvalue weighted by atomic mass is 16.2. The second kappa shape index (κ2) is 8.50. The van der Waals surface area contributed by atoms with E-state index in [1.54, 1.807) is 16.8 Å². The molecule has 0 aliphatic carbocycles. The molecule has 6 nitrogen and oxygen atoms in total. The number of amides is 2. The Labute approximate surface area is 166 Å². The fraction of sp³-hybridized carbons (Fsp3) is 0.455. The monoisotopic (exact) mass is 380 g/mol. The zero-order chi connectivity index (χ0) is 20.3. The van der Waals surface area contributed by atoms with Crippen molar-refractivity contribution in [2.45, 2.75) is 46.6 Å². The Hall–Kier alpha value is -2.76. The minimum absolute atomic E-state index is 0.0518. The van der Waals surface area contributed by atoms with Gasteiger partial charge in [-0.15, -0.1) is 0 Å². The maximum Gasteiger partial charge on any atom is 0.228 e. The summed E-state index contributed by atoms with van der Waals surface area (Å²) in [6, 6.07) is 10.1. The Balaban J connectivity index is 1.85. The Kier molecular flexibility index (Phi) is 6.07. The number of nitrogens with zero attached hydrogens (tertiary/aromatic N) is 4. The standard InChI is InChI=1S/C22H28N4O2/c1-15(2)22(28)25(4)14-19-23-16(3)18-10-11-20(27)26(21(18)24-19)13-12-17-8-6-5-7-9-17/h5-9,15H,10-14H2,1-4H3. The lowest BCUT2D eigenvalue weighted by molar-refractivity contribution is -0.133. The summed E-state index contributed by atoms with van der Waals surface area (Å²) in [5.41, 5.74) is 3.12. The summed E-state index contributed by atoms with van der Waals surface area (Å²) in [5, 5.41) is 0. The highest BCUT2D eigenvalue weighted by Gasteiger charge is 2.28. The molecule has 0 unspecified atom stereocenters. The van der Waals surface area contributed by atoms with Crippen LogP contribution in [0.3, 0.4) is 0 Å². The first-order chi connectivity index (χ1) is 13.4. The van der Waals surface area contributed by atoms with Crippen molar-refractivity contribution in [3.63, 3.8) is 0 Å². The molecule has 0 saturated heterocycles. The van der Waals surface area contributed by atoms with Gasteiger partial charge in [0.15, 0.2) is 0 Å². The minimum Gasteiger partial charge on any atom is -0.338 e. The van der Waals surface area contributed by atoms with Crippen LogP contribution in [-0.2, 0) is 29.0 Å². The molecule has 1 aliphatic heterocycles. The Bertz CT molecular complexity index is 864. The fourth-order valence-electron chi connectivity index (χ4n) is 3.56. The molecule has 0 spiro atoms. The lowest BCUT2D eigenvalue weighted by atomic mass is 10.0. The average Bonchev–Trinajstić information content (AvgIpc) is 2.67. The first-order valence-electron chi connectivity index (χ1n) is 9.82. The van der Waals surface area contributed by atoms with E-state index in [0.717, 1.165) is 17.7 Å². The molecule has 0 bridgehead atoms. The van der Waals surface area contributed by atoms with Crippen LogP contribution in [-0.4, -0.2) is 40.3 Å². The quantitative estimate of drug-likeness (QED) is 0.773. The van der Waals surface area contributed by atoms with Crippen LogP contribution in [0.5, 0.6) is 0 Å². The summed E-state index contributed by atoms with van der Waals surface area (Å²) in [4.78, 5) is 37.6. The maximum absolute atomic E-state index is 12.6. The van der Waals surface area contributed by atoms with Crippen LogP contribution in [0.25, 0.3) is 0 Å². The number of anilines is 1. The summed E-state index contributed by atoms with van der Waals surface area (Å²) >= 11 is 0. The van der Waals surface area contributed by atoms with Gasteiger partial charge in [0.1, 0.15) is 11.6 Å². The summed E-state index contributed by atoms with van der Waals surface area (Å²) in [6.45, 7) is 6.64. The molecule has 6 heteroatoms. The van der Waals surface area contributed by atoms with Crippen molar-refractivity contribution in [2.24, 2.45) is 5.92 Å². The van der Waals surface area contributed by atoms with Crippen molar-refractivity contribution in [1.29, 1.82) is 0 Å². The van der Waals surface area contributed by atoms with Gasteiger partial charge < -0.3 is 4.90 Å². The largest absolute Gasteiger partial charge is 0.338 e. The highest BCUT2D eigenvalue weighted by Crippen LogP contribution is 2.28. The lowest BCUT2D eigenvalue weighted by Crippen LogP contribution is -2.38. The predicted molar refractivity (Wildman–Crippen MR) is 109 cm³/mol. The molecule has 2 heterocycles. The smallest absolute Gasteiger partial charge is 0.228 e. The number of carbonyl (C=O) groups excluding carboxylic acids is 2. The van der Waals surface area contributed by atoms with Gasteiger partial charge in [-0.1, -0.05) is 44.2 Å². The van der Waals surface area contributed by atoms with Crippen LogP contribution in [0.15, 0.2) is 30.3 Å². The fourth-order valence-corrected chi connectivity index (χ4v) is 3.56. The Morgan fingerprint density at radius 2 is 1.89 bits per heavy atom. The molecular weight excluding hydrogens is 352 g/mol.